The van der Waals surface area contributed by atoms with Crippen LogP contribution in [0.2, 0.25) is 0 Å². The number of nitrogens with one attached hydrogen (secondary N) is 1. The number of hydrogen-bond donors (Lipinski definition) is 2. The predicted molar refractivity (Wildman–Crippen MR) is 47.2 cm³/mol. The van der Waals surface area contributed by atoms with Crippen LogP contribution in [0, 0.1) is 0 Å². The molecule has 74 valence electrons. The van der Waals surface area contributed by atoms with Crippen molar-refractivity contribution in [3.05, 3.63) is 11.7 Å². The van der Waals surface area contributed by atoms with E-state index in [2.05, 4.69) is 15.5 Å². The molecule has 0 saturated carbocycles. The van der Waals surface area contributed by atoms with Crippen molar-refractivity contribution >= 4 is 0 Å². The van der Waals surface area contributed by atoms with Gasteiger partial charge in [-0.25, -0.2) is 0 Å². The maximum atomic E-state index is 8.59. The molecule has 1 unspecified atom stereocenters. The van der Waals surface area contributed by atoms with E-state index >= 15 is 0 Å². The van der Waals surface area contributed by atoms with Crippen molar-refractivity contribution in [2.45, 2.75) is 25.8 Å². The normalized spacial score (nSPS) is 13.2. The topological polar surface area (TPSA) is 71.2 Å². The van der Waals surface area contributed by atoms with E-state index in [-0.39, 0.29) is 12.6 Å². The zero-order chi connectivity index (χ0) is 9.68. The second-order valence-electron chi connectivity index (χ2n) is 2.88. The summed E-state index contributed by atoms with van der Waals surface area (Å²) < 4.78 is 4.98. The van der Waals surface area contributed by atoms with Gasteiger partial charge >= 0.3 is 0 Å². The van der Waals surface area contributed by atoms with Crippen LogP contribution < -0.4 is 5.32 Å². The van der Waals surface area contributed by atoms with Crippen LogP contribution in [0.5, 0.6) is 0 Å². The molecule has 0 saturated heterocycles. The molecule has 0 aliphatic carbocycles. The van der Waals surface area contributed by atoms with E-state index in [0.717, 1.165) is 0 Å². The van der Waals surface area contributed by atoms with E-state index in [1.807, 2.05) is 14.0 Å². The lowest BCUT2D eigenvalue weighted by Crippen LogP contribution is -2.13. The Morgan fingerprint density at radius 2 is 2.38 bits per heavy atom. The first-order chi connectivity index (χ1) is 6.27. The van der Waals surface area contributed by atoms with Gasteiger partial charge in [0.1, 0.15) is 0 Å². The maximum Gasteiger partial charge on any atom is 0.226 e. The second kappa shape index (κ2) is 4.94. The number of nitrogens with zero attached hydrogens (tertiary/aromatic N) is 2. The fourth-order valence-electron chi connectivity index (χ4n) is 0.905. The summed E-state index contributed by atoms with van der Waals surface area (Å²) in [5.41, 5.74) is 0. The molecule has 13 heavy (non-hydrogen) atoms. The summed E-state index contributed by atoms with van der Waals surface area (Å²) >= 11 is 0. The van der Waals surface area contributed by atoms with Gasteiger partial charge in [0.05, 0.1) is 6.04 Å². The Hall–Kier alpha value is -0.940. The van der Waals surface area contributed by atoms with Crippen LogP contribution in [0.25, 0.3) is 0 Å². The van der Waals surface area contributed by atoms with Crippen LogP contribution in [0.4, 0.5) is 0 Å². The van der Waals surface area contributed by atoms with E-state index < -0.39 is 0 Å². The maximum absolute atomic E-state index is 8.59. The summed E-state index contributed by atoms with van der Waals surface area (Å²) in [6, 6.07) is 0.103. The number of aliphatic hydroxyl groups is 1. The lowest BCUT2D eigenvalue weighted by atomic mass is 10.3. The molecule has 1 aromatic heterocycles. The number of rotatable bonds is 5. The van der Waals surface area contributed by atoms with E-state index in [4.69, 9.17) is 9.63 Å². The van der Waals surface area contributed by atoms with Crippen molar-refractivity contribution in [3.63, 3.8) is 0 Å². The number of hydrogen-bond acceptors (Lipinski definition) is 5. The molecule has 0 aliphatic rings. The minimum absolute atomic E-state index is 0.103. The van der Waals surface area contributed by atoms with Crippen molar-refractivity contribution in [3.8, 4) is 0 Å². The van der Waals surface area contributed by atoms with Gasteiger partial charge in [0.2, 0.25) is 5.89 Å². The van der Waals surface area contributed by atoms with Gasteiger partial charge in [-0.2, -0.15) is 4.98 Å². The molecule has 1 atom stereocenters. The molecule has 5 heteroatoms. The van der Waals surface area contributed by atoms with Crippen molar-refractivity contribution in [1.29, 1.82) is 0 Å². The van der Waals surface area contributed by atoms with Crippen molar-refractivity contribution in [1.82, 2.24) is 15.5 Å². The Balaban J connectivity index is 2.53. The summed E-state index contributed by atoms with van der Waals surface area (Å²) in [5, 5.41) is 15.4. The molecule has 0 amide bonds. The SMILES string of the molecule is CNC(C)c1noc(CCCO)n1. The third-order valence-electron chi connectivity index (χ3n) is 1.85. The molecule has 1 heterocycles. The highest BCUT2D eigenvalue weighted by Crippen LogP contribution is 2.08. The molecule has 0 spiro atoms. The predicted octanol–water partition coefficient (Wildman–Crippen LogP) is 0.275. The third-order valence-corrected chi connectivity index (χ3v) is 1.85. The van der Waals surface area contributed by atoms with Crippen LogP contribution in [0.15, 0.2) is 4.52 Å². The van der Waals surface area contributed by atoms with Gasteiger partial charge in [0.25, 0.3) is 0 Å². The lowest BCUT2D eigenvalue weighted by Gasteiger charge is -2.01. The Kier molecular flexibility index (Phi) is 3.85. The van der Waals surface area contributed by atoms with Crippen molar-refractivity contribution in [2.24, 2.45) is 0 Å². The third kappa shape index (κ3) is 2.78. The molecule has 1 aromatic rings. The second-order valence-corrected chi connectivity index (χ2v) is 2.88. The Morgan fingerprint density at radius 1 is 1.62 bits per heavy atom. The smallest absolute Gasteiger partial charge is 0.226 e. The van der Waals surface area contributed by atoms with Crippen LogP contribution in [0.1, 0.15) is 31.1 Å². The minimum Gasteiger partial charge on any atom is -0.396 e. The van der Waals surface area contributed by atoms with Gasteiger partial charge in [0.15, 0.2) is 5.82 Å². The minimum atomic E-state index is 0.103. The molecular formula is C8H15N3O2. The zero-order valence-electron chi connectivity index (χ0n) is 7.95. The van der Waals surface area contributed by atoms with Crippen molar-refractivity contribution < 1.29 is 9.63 Å². The van der Waals surface area contributed by atoms with Gasteiger partial charge in [-0.3, -0.25) is 0 Å². The summed E-state index contributed by atoms with van der Waals surface area (Å²) in [6.45, 7) is 2.11. The van der Waals surface area contributed by atoms with E-state index in [1.54, 1.807) is 0 Å². The summed E-state index contributed by atoms with van der Waals surface area (Å²) in [7, 11) is 1.84. The first kappa shape index (κ1) is 10.1. The largest absolute Gasteiger partial charge is 0.396 e. The first-order valence-corrected chi connectivity index (χ1v) is 4.38. The van der Waals surface area contributed by atoms with Gasteiger partial charge in [-0.1, -0.05) is 5.16 Å². The quantitative estimate of drug-likeness (QED) is 0.689. The van der Waals surface area contributed by atoms with E-state index in [1.165, 1.54) is 0 Å². The Bertz CT molecular complexity index is 249. The molecule has 0 bridgehead atoms. The average Bonchev–Trinajstić information content (AvgIpc) is 2.62. The molecule has 2 N–H and O–H groups in total. The van der Waals surface area contributed by atoms with Gasteiger partial charge < -0.3 is 14.9 Å². The van der Waals surface area contributed by atoms with Crippen LogP contribution in [-0.4, -0.2) is 28.9 Å². The molecule has 0 aliphatic heterocycles. The van der Waals surface area contributed by atoms with Crippen LogP contribution in [0.3, 0.4) is 0 Å². The molecule has 5 nitrogen and oxygen atoms in total. The summed E-state index contributed by atoms with van der Waals surface area (Å²) in [6.07, 6.45) is 1.30. The zero-order valence-corrected chi connectivity index (χ0v) is 7.95. The van der Waals surface area contributed by atoms with E-state index in [0.29, 0.717) is 24.6 Å². The molecule has 1 rings (SSSR count). The summed E-state index contributed by atoms with van der Waals surface area (Å²) in [4.78, 5) is 4.17. The van der Waals surface area contributed by atoms with Gasteiger partial charge in [-0.15, -0.1) is 0 Å². The Morgan fingerprint density at radius 3 is 3.00 bits per heavy atom. The van der Waals surface area contributed by atoms with E-state index in [9.17, 15) is 0 Å². The fourth-order valence-corrected chi connectivity index (χ4v) is 0.905. The molecular weight excluding hydrogens is 170 g/mol. The number of aliphatic hydroxyl groups excluding tert-OH is 1. The highest BCUT2D eigenvalue weighted by atomic mass is 16.5. The lowest BCUT2D eigenvalue weighted by molar-refractivity contribution is 0.278. The highest BCUT2D eigenvalue weighted by molar-refractivity contribution is 4.91. The van der Waals surface area contributed by atoms with Gasteiger partial charge in [0, 0.05) is 13.0 Å². The fraction of sp³-hybridized carbons (Fsp3) is 0.750. The van der Waals surface area contributed by atoms with Crippen molar-refractivity contribution in [2.75, 3.05) is 13.7 Å². The molecule has 0 fully saturated rings. The summed E-state index contributed by atoms with van der Waals surface area (Å²) in [5.74, 6) is 1.25. The van der Waals surface area contributed by atoms with Gasteiger partial charge in [-0.05, 0) is 20.4 Å². The first-order valence-electron chi connectivity index (χ1n) is 4.38. The molecule has 0 radical (unpaired) electrons. The van der Waals surface area contributed by atoms with Crippen LogP contribution >= 0.6 is 0 Å². The average molecular weight is 185 g/mol. The standard InChI is InChI=1S/C8H15N3O2/c1-6(9-2)8-10-7(13-11-8)4-3-5-12/h6,9,12H,3-5H2,1-2H3. The van der Waals surface area contributed by atoms with Crippen LogP contribution in [-0.2, 0) is 6.42 Å². The highest BCUT2D eigenvalue weighted by Gasteiger charge is 2.10. The number of aryl methyl sites for hydroxylation is 1. The Labute approximate surface area is 77.2 Å². The monoisotopic (exact) mass is 185 g/mol. The number of aromatic nitrogens is 2. The molecule has 0 aromatic carbocycles.